The average Bonchev–Trinajstić information content (AvgIpc) is 2.60. The molecule has 0 atom stereocenters. The van der Waals surface area contributed by atoms with Gasteiger partial charge in [-0.25, -0.2) is 9.78 Å². The number of rotatable bonds is 4. The molecule has 2 N–H and O–H groups in total. The van der Waals surface area contributed by atoms with E-state index in [9.17, 15) is 4.79 Å². The van der Waals surface area contributed by atoms with E-state index in [1.165, 1.54) is 4.90 Å². The van der Waals surface area contributed by atoms with E-state index in [2.05, 4.69) is 20.2 Å². The Bertz CT molecular complexity index is 719. The van der Waals surface area contributed by atoms with Crippen LogP contribution in [0.15, 0.2) is 36.5 Å². The number of anilines is 2. The SMILES string of the molecule is O=C(O)N1CCN(c2ccnc(NCc3cccc(Cl)c3)n2)CC1. The van der Waals surface area contributed by atoms with Crippen molar-refractivity contribution in [3.05, 3.63) is 47.1 Å². The van der Waals surface area contributed by atoms with Crippen molar-refractivity contribution in [3.63, 3.8) is 0 Å². The van der Waals surface area contributed by atoms with E-state index in [4.69, 9.17) is 16.7 Å². The fourth-order valence-corrected chi connectivity index (χ4v) is 2.78. The summed E-state index contributed by atoms with van der Waals surface area (Å²) in [6.07, 6.45) is 0.827. The van der Waals surface area contributed by atoms with E-state index in [0.717, 1.165) is 11.4 Å². The summed E-state index contributed by atoms with van der Waals surface area (Å²) in [5.41, 5.74) is 1.05. The van der Waals surface area contributed by atoms with Crippen LogP contribution in [0.25, 0.3) is 0 Å². The Morgan fingerprint density at radius 3 is 2.75 bits per heavy atom. The van der Waals surface area contributed by atoms with Gasteiger partial charge in [0.15, 0.2) is 0 Å². The topological polar surface area (TPSA) is 81.6 Å². The maximum absolute atomic E-state index is 11.0. The van der Waals surface area contributed by atoms with Gasteiger partial charge in [-0.1, -0.05) is 23.7 Å². The standard InChI is InChI=1S/C16H18ClN5O2/c17-13-3-1-2-12(10-13)11-19-15-18-5-4-14(20-15)21-6-8-22(9-7-21)16(23)24/h1-5,10H,6-9,11H2,(H,23,24)(H,18,19,20). The predicted molar refractivity (Wildman–Crippen MR) is 92.6 cm³/mol. The molecular weight excluding hydrogens is 330 g/mol. The minimum atomic E-state index is -0.874. The first-order valence-corrected chi connectivity index (χ1v) is 8.04. The molecule has 1 aromatic heterocycles. The molecule has 24 heavy (non-hydrogen) atoms. The molecule has 8 heteroatoms. The molecule has 0 aliphatic carbocycles. The quantitative estimate of drug-likeness (QED) is 0.884. The van der Waals surface area contributed by atoms with E-state index in [0.29, 0.717) is 43.7 Å². The number of nitrogens with zero attached hydrogens (tertiary/aromatic N) is 4. The molecule has 3 rings (SSSR count). The molecule has 0 unspecified atom stereocenters. The lowest BCUT2D eigenvalue weighted by atomic mass is 10.2. The van der Waals surface area contributed by atoms with Gasteiger partial charge in [0.05, 0.1) is 0 Å². The second-order valence-electron chi connectivity index (χ2n) is 5.48. The molecule has 1 saturated heterocycles. The first kappa shape index (κ1) is 16.3. The van der Waals surface area contributed by atoms with Crippen LogP contribution in [-0.4, -0.2) is 52.2 Å². The molecule has 1 aromatic carbocycles. The highest BCUT2D eigenvalue weighted by molar-refractivity contribution is 6.30. The Morgan fingerprint density at radius 2 is 2.04 bits per heavy atom. The highest BCUT2D eigenvalue weighted by Crippen LogP contribution is 2.16. The first-order chi connectivity index (χ1) is 11.6. The van der Waals surface area contributed by atoms with Crippen molar-refractivity contribution in [1.82, 2.24) is 14.9 Å². The zero-order valence-corrected chi connectivity index (χ0v) is 13.8. The van der Waals surface area contributed by atoms with Crippen molar-refractivity contribution in [3.8, 4) is 0 Å². The predicted octanol–water partition coefficient (Wildman–Crippen LogP) is 2.54. The number of halogens is 1. The molecule has 0 radical (unpaired) electrons. The summed E-state index contributed by atoms with van der Waals surface area (Å²) in [5.74, 6) is 1.33. The number of piperazine rings is 1. The molecule has 1 fully saturated rings. The van der Waals surface area contributed by atoms with Crippen molar-refractivity contribution in [2.45, 2.75) is 6.54 Å². The number of amides is 1. The number of aromatic nitrogens is 2. The van der Waals surface area contributed by atoms with E-state index < -0.39 is 6.09 Å². The molecule has 126 valence electrons. The molecule has 2 aromatic rings. The minimum Gasteiger partial charge on any atom is -0.465 e. The van der Waals surface area contributed by atoms with E-state index in [1.807, 2.05) is 30.3 Å². The lowest BCUT2D eigenvalue weighted by Gasteiger charge is -2.33. The maximum Gasteiger partial charge on any atom is 0.407 e. The van der Waals surface area contributed by atoms with Gasteiger partial charge in [-0.15, -0.1) is 0 Å². The molecule has 1 amide bonds. The van der Waals surface area contributed by atoms with Crippen molar-refractivity contribution in [2.75, 3.05) is 36.4 Å². The van der Waals surface area contributed by atoms with Gasteiger partial charge in [-0.05, 0) is 23.8 Å². The molecule has 0 saturated carbocycles. The van der Waals surface area contributed by atoms with Crippen LogP contribution in [0, 0.1) is 0 Å². The molecule has 2 heterocycles. The normalized spacial score (nSPS) is 14.5. The fourth-order valence-electron chi connectivity index (χ4n) is 2.57. The van der Waals surface area contributed by atoms with Crippen LogP contribution in [0.3, 0.4) is 0 Å². The summed E-state index contributed by atoms with van der Waals surface area (Å²) >= 11 is 5.98. The van der Waals surface area contributed by atoms with Crippen LogP contribution >= 0.6 is 11.6 Å². The molecule has 0 bridgehead atoms. The Kier molecular flexibility index (Phi) is 5.00. The van der Waals surface area contributed by atoms with E-state index >= 15 is 0 Å². The van der Waals surface area contributed by atoms with Gasteiger partial charge in [-0.2, -0.15) is 4.98 Å². The molecule has 1 aliphatic heterocycles. The lowest BCUT2D eigenvalue weighted by Crippen LogP contribution is -2.48. The van der Waals surface area contributed by atoms with Crippen LogP contribution < -0.4 is 10.2 Å². The summed E-state index contributed by atoms with van der Waals surface area (Å²) < 4.78 is 0. The maximum atomic E-state index is 11.0. The second kappa shape index (κ2) is 7.35. The fraction of sp³-hybridized carbons (Fsp3) is 0.312. The van der Waals surface area contributed by atoms with Crippen LogP contribution in [-0.2, 0) is 6.54 Å². The van der Waals surface area contributed by atoms with Crippen LogP contribution in [0.2, 0.25) is 5.02 Å². The largest absolute Gasteiger partial charge is 0.465 e. The third-order valence-corrected chi connectivity index (χ3v) is 4.09. The number of nitrogens with one attached hydrogen (secondary N) is 1. The Hall–Kier alpha value is -2.54. The number of hydrogen-bond donors (Lipinski definition) is 2. The lowest BCUT2D eigenvalue weighted by molar-refractivity contribution is 0.142. The summed E-state index contributed by atoms with van der Waals surface area (Å²) in [6.45, 7) is 2.78. The molecule has 1 aliphatic rings. The number of hydrogen-bond acceptors (Lipinski definition) is 5. The minimum absolute atomic E-state index is 0.477. The van der Waals surface area contributed by atoms with Crippen molar-refractivity contribution >= 4 is 29.5 Å². The molecule has 0 spiro atoms. The van der Waals surface area contributed by atoms with Gasteiger partial charge in [0.1, 0.15) is 5.82 Å². The monoisotopic (exact) mass is 347 g/mol. The second-order valence-corrected chi connectivity index (χ2v) is 5.92. The highest BCUT2D eigenvalue weighted by atomic mass is 35.5. The van der Waals surface area contributed by atoms with E-state index in [-0.39, 0.29) is 0 Å². The third kappa shape index (κ3) is 4.05. The van der Waals surface area contributed by atoms with Gasteiger partial charge in [0.2, 0.25) is 5.95 Å². The Labute approximate surface area is 144 Å². The zero-order valence-electron chi connectivity index (χ0n) is 13.0. The van der Waals surface area contributed by atoms with Crippen molar-refractivity contribution < 1.29 is 9.90 Å². The summed E-state index contributed by atoms with van der Waals surface area (Å²) in [6, 6.07) is 9.44. The van der Waals surface area contributed by atoms with Gasteiger partial charge < -0.3 is 20.2 Å². The van der Waals surface area contributed by atoms with E-state index in [1.54, 1.807) is 6.20 Å². The average molecular weight is 348 g/mol. The number of benzene rings is 1. The Balaban J connectivity index is 1.61. The number of carbonyl (C=O) groups is 1. The third-order valence-electron chi connectivity index (χ3n) is 3.85. The first-order valence-electron chi connectivity index (χ1n) is 7.66. The van der Waals surface area contributed by atoms with Crippen LogP contribution in [0.1, 0.15) is 5.56 Å². The molecule has 7 nitrogen and oxygen atoms in total. The number of carboxylic acid groups (broad SMARTS) is 1. The summed E-state index contributed by atoms with van der Waals surface area (Å²) in [5, 5.41) is 12.9. The Morgan fingerprint density at radius 1 is 1.25 bits per heavy atom. The molecular formula is C16H18ClN5O2. The van der Waals surface area contributed by atoms with Gasteiger partial charge in [-0.3, -0.25) is 0 Å². The van der Waals surface area contributed by atoms with Crippen molar-refractivity contribution in [2.24, 2.45) is 0 Å². The van der Waals surface area contributed by atoms with Gasteiger partial charge >= 0.3 is 6.09 Å². The van der Waals surface area contributed by atoms with Crippen LogP contribution in [0.4, 0.5) is 16.6 Å². The van der Waals surface area contributed by atoms with Crippen LogP contribution in [0.5, 0.6) is 0 Å². The van der Waals surface area contributed by atoms with Gasteiger partial charge in [0.25, 0.3) is 0 Å². The highest BCUT2D eigenvalue weighted by Gasteiger charge is 2.21. The zero-order chi connectivity index (χ0) is 16.9. The summed E-state index contributed by atoms with van der Waals surface area (Å²) in [7, 11) is 0. The van der Waals surface area contributed by atoms with Gasteiger partial charge in [0, 0.05) is 43.9 Å². The smallest absolute Gasteiger partial charge is 0.407 e. The van der Waals surface area contributed by atoms with Crippen molar-refractivity contribution in [1.29, 1.82) is 0 Å². The summed E-state index contributed by atoms with van der Waals surface area (Å²) in [4.78, 5) is 23.2.